The molecule has 3 heteroatoms. The van der Waals surface area contributed by atoms with Gasteiger partial charge in [-0.25, -0.2) is 0 Å². The van der Waals surface area contributed by atoms with Crippen LogP contribution in [0.25, 0.3) is 0 Å². The first-order chi connectivity index (χ1) is 11.2. The minimum Gasteiger partial charge on any atom is -0.481 e. The van der Waals surface area contributed by atoms with E-state index in [1.54, 1.807) is 0 Å². The van der Waals surface area contributed by atoms with Crippen LogP contribution in [0.5, 0.6) is 0 Å². The Bertz CT molecular complexity index is 321. The molecule has 0 amide bonds. The molecule has 1 atom stereocenters. The van der Waals surface area contributed by atoms with Crippen molar-refractivity contribution in [1.29, 1.82) is 0 Å². The molecule has 3 nitrogen and oxygen atoms in total. The Morgan fingerprint density at radius 1 is 0.870 bits per heavy atom. The Morgan fingerprint density at radius 2 is 1.48 bits per heavy atom. The van der Waals surface area contributed by atoms with Crippen molar-refractivity contribution in [2.75, 3.05) is 0 Å². The molecule has 0 aromatic heterocycles. The molecule has 0 unspecified atom stereocenters. The lowest BCUT2D eigenvalue weighted by Gasteiger charge is -2.05. The number of carboxylic acid groups (broad SMARTS) is 1. The third-order valence-corrected chi connectivity index (χ3v) is 3.89. The fourth-order valence-electron chi connectivity index (χ4n) is 2.42. The van der Waals surface area contributed by atoms with Crippen LogP contribution in [0, 0.1) is 0 Å². The van der Waals surface area contributed by atoms with Crippen molar-refractivity contribution in [2.24, 2.45) is 0 Å². The number of rotatable bonds is 16. The lowest BCUT2D eigenvalue weighted by molar-refractivity contribution is -0.137. The topological polar surface area (TPSA) is 57.5 Å². The molecule has 23 heavy (non-hydrogen) atoms. The third-order valence-electron chi connectivity index (χ3n) is 3.89. The molecule has 0 fully saturated rings. The minimum atomic E-state index is -0.695. The van der Waals surface area contributed by atoms with Crippen LogP contribution in [-0.2, 0) is 4.79 Å². The number of allylic oxidation sites excluding steroid dienone is 3. The van der Waals surface area contributed by atoms with Gasteiger partial charge in [-0.3, -0.25) is 4.79 Å². The third kappa shape index (κ3) is 18.9. The van der Waals surface area contributed by atoms with E-state index < -0.39 is 5.97 Å². The van der Waals surface area contributed by atoms with Gasteiger partial charge in [-0.2, -0.15) is 0 Å². The number of unbranched alkanes of at least 4 members (excludes halogenated alkanes) is 7. The molecule has 0 spiro atoms. The van der Waals surface area contributed by atoms with E-state index in [2.05, 4.69) is 31.2 Å². The molecule has 0 aliphatic carbocycles. The first kappa shape index (κ1) is 21.9. The summed E-state index contributed by atoms with van der Waals surface area (Å²) in [5, 5.41) is 18.4. The smallest absolute Gasteiger partial charge is 0.303 e. The van der Waals surface area contributed by atoms with Gasteiger partial charge in [0.1, 0.15) is 0 Å². The second-order valence-corrected chi connectivity index (χ2v) is 6.25. The fraction of sp³-hybridized carbons (Fsp3) is 0.750. The van der Waals surface area contributed by atoms with Gasteiger partial charge in [0.25, 0.3) is 0 Å². The van der Waals surface area contributed by atoms with Crippen LogP contribution in [-0.4, -0.2) is 22.3 Å². The zero-order valence-corrected chi connectivity index (χ0v) is 14.9. The fourth-order valence-corrected chi connectivity index (χ4v) is 2.42. The van der Waals surface area contributed by atoms with Crippen LogP contribution >= 0.6 is 0 Å². The average Bonchev–Trinajstić information content (AvgIpc) is 2.52. The summed E-state index contributed by atoms with van der Waals surface area (Å²) in [7, 11) is 0. The number of aliphatic hydroxyl groups excluding tert-OH is 1. The number of aliphatic hydroxyl groups is 1. The Morgan fingerprint density at radius 3 is 2.17 bits per heavy atom. The van der Waals surface area contributed by atoms with Crippen LogP contribution in [0.1, 0.15) is 90.4 Å². The molecular formula is C20H36O3. The second-order valence-electron chi connectivity index (χ2n) is 6.25. The van der Waals surface area contributed by atoms with Crippen LogP contribution in [0.15, 0.2) is 24.3 Å². The van der Waals surface area contributed by atoms with E-state index in [1.165, 1.54) is 19.3 Å². The molecule has 0 aliphatic heterocycles. The van der Waals surface area contributed by atoms with Gasteiger partial charge < -0.3 is 10.2 Å². The summed E-state index contributed by atoms with van der Waals surface area (Å²) in [5.74, 6) is -0.695. The molecule has 0 aromatic carbocycles. The van der Waals surface area contributed by atoms with Crippen molar-refractivity contribution < 1.29 is 15.0 Å². The van der Waals surface area contributed by atoms with Crippen LogP contribution < -0.4 is 0 Å². The molecule has 0 saturated carbocycles. The molecule has 0 aliphatic rings. The highest BCUT2D eigenvalue weighted by Gasteiger charge is 1.99. The summed E-state index contributed by atoms with van der Waals surface area (Å²) >= 11 is 0. The number of carboxylic acids is 1. The van der Waals surface area contributed by atoms with Crippen molar-refractivity contribution in [1.82, 2.24) is 0 Å². The molecule has 0 saturated heterocycles. The zero-order valence-electron chi connectivity index (χ0n) is 14.9. The Labute approximate surface area is 142 Å². The molecule has 0 radical (unpaired) electrons. The summed E-state index contributed by atoms with van der Waals surface area (Å²) in [4.78, 5) is 10.4. The molecule has 0 rings (SSSR count). The van der Waals surface area contributed by atoms with E-state index in [4.69, 9.17) is 5.11 Å². The van der Waals surface area contributed by atoms with Crippen LogP contribution in [0.4, 0.5) is 0 Å². The molecule has 134 valence electrons. The summed E-state index contributed by atoms with van der Waals surface area (Å²) in [6.07, 6.45) is 21.2. The zero-order chi connectivity index (χ0) is 17.2. The average molecular weight is 325 g/mol. The summed E-state index contributed by atoms with van der Waals surface area (Å²) in [6.45, 7) is 2.21. The number of aliphatic carboxylic acids is 1. The summed E-state index contributed by atoms with van der Waals surface area (Å²) < 4.78 is 0. The van der Waals surface area contributed by atoms with Gasteiger partial charge >= 0.3 is 5.97 Å². The van der Waals surface area contributed by atoms with Crippen LogP contribution in [0.2, 0.25) is 0 Å². The molecule has 0 aromatic rings. The second kappa shape index (κ2) is 17.3. The predicted molar refractivity (Wildman–Crippen MR) is 97.6 cm³/mol. The van der Waals surface area contributed by atoms with Crippen molar-refractivity contribution in [3.8, 4) is 0 Å². The van der Waals surface area contributed by atoms with Gasteiger partial charge in [-0.1, -0.05) is 56.9 Å². The van der Waals surface area contributed by atoms with E-state index in [9.17, 15) is 9.90 Å². The van der Waals surface area contributed by atoms with Gasteiger partial charge in [0.15, 0.2) is 0 Å². The number of hydrogen-bond donors (Lipinski definition) is 2. The highest BCUT2D eigenvalue weighted by atomic mass is 16.4. The first-order valence-electron chi connectivity index (χ1n) is 9.36. The highest BCUT2D eigenvalue weighted by molar-refractivity contribution is 5.66. The summed E-state index contributed by atoms with van der Waals surface area (Å²) in [5.41, 5.74) is 0. The molecule has 2 N–H and O–H groups in total. The van der Waals surface area contributed by atoms with Crippen molar-refractivity contribution >= 4 is 5.97 Å². The van der Waals surface area contributed by atoms with Gasteiger partial charge in [0.2, 0.25) is 0 Å². The minimum absolute atomic E-state index is 0.224. The SMILES string of the molecule is CCCCCC=CC[C@H](O)CCC=CCCCCCCC(=O)O. The molecule has 0 heterocycles. The Hall–Kier alpha value is -1.09. The number of carbonyl (C=O) groups is 1. The van der Waals surface area contributed by atoms with Crippen molar-refractivity contribution in [3.63, 3.8) is 0 Å². The normalized spacial score (nSPS) is 13.1. The predicted octanol–water partition coefficient (Wildman–Crippen LogP) is 5.64. The lowest BCUT2D eigenvalue weighted by atomic mass is 10.1. The maximum absolute atomic E-state index is 10.4. The maximum Gasteiger partial charge on any atom is 0.303 e. The van der Waals surface area contributed by atoms with E-state index >= 15 is 0 Å². The monoisotopic (exact) mass is 324 g/mol. The first-order valence-corrected chi connectivity index (χ1v) is 9.36. The van der Waals surface area contributed by atoms with Gasteiger partial charge in [0, 0.05) is 6.42 Å². The van der Waals surface area contributed by atoms with E-state index in [0.717, 1.165) is 57.8 Å². The van der Waals surface area contributed by atoms with Crippen molar-refractivity contribution in [3.05, 3.63) is 24.3 Å². The quantitative estimate of drug-likeness (QED) is 0.285. The Kier molecular flexibility index (Phi) is 16.4. The van der Waals surface area contributed by atoms with Crippen molar-refractivity contribution in [2.45, 2.75) is 96.5 Å². The summed E-state index contributed by atoms with van der Waals surface area (Å²) in [6, 6.07) is 0. The largest absolute Gasteiger partial charge is 0.481 e. The molecular weight excluding hydrogens is 288 g/mol. The van der Waals surface area contributed by atoms with E-state index in [-0.39, 0.29) is 6.10 Å². The van der Waals surface area contributed by atoms with Gasteiger partial charge in [0.05, 0.1) is 6.10 Å². The Balaban J connectivity index is 3.36. The number of hydrogen-bond acceptors (Lipinski definition) is 2. The van der Waals surface area contributed by atoms with Gasteiger partial charge in [-0.15, -0.1) is 0 Å². The van der Waals surface area contributed by atoms with E-state index in [1.807, 2.05) is 0 Å². The highest BCUT2D eigenvalue weighted by Crippen LogP contribution is 2.08. The standard InChI is InChI=1S/C20H36O3/c1-2-3-4-5-10-13-16-19(21)17-14-11-8-6-7-9-12-15-18-20(22)23/h8,10-11,13,19,21H,2-7,9,12,14-18H2,1H3,(H,22,23)/t19-/m0/s1. The molecule has 0 bridgehead atoms. The maximum atomic E-state index is 10.4. The van der Waals surface area contributed by atoms with Crippen LogP contribution in [0.3, 0.4) is 0 Å². The lowest BCUT2D eigenvalue weighted by Crippen LogP contribution is -2.03. The van der Waals surface area contributed by atoms with Gasteiger partial charge in [-0.05, 0) is 51.4 Å². The van der Waals surface area contributed by atoms with E-state index in [0.29, 0.717) is 6.42 Å².